The molecular formula is C11H20N2O3. The van der Waals surface area contributed by atoms with Gasteiger partial charge in [-0.25, -0.2) is 4.79 Å². The first-order valence-corrected chi connectivity index (χ1v) is 5.77. The Labute approximate surface area is 96.1 Å². The Hall–Kier alpha value is -1.26. The van der Waals surface area contributed by atoms with E-state index in [0.29, 0.717) is 12.6 Å². The summed E-state index contributed by atoms with van der Waals surface area (Å²) in [6.45, 7) is 5.87. The van der Waals surface area contributed by atoms with Crippen LogP contribution in [-0.2, 0) is 9.53 Å². The largest absolute Gasteiger partial charge is 0.465 e. The van der Waals surface area contributed by atoms with Gasteiger partial charge in [-0.1, -0.05) is 0 Å². The molecule has 1 N–H and O–H groups in total. The Morgan fingerprint density at radius 3 is 2.50 bits per heavy atom. The molecular weight excluding hydrogens is 208 g/mol. The van der Waals surface area contributed by atoms with Crippen molar-refractivity contribution < 1.29 is 14.3 Å². The SMILES string of the molecule is CCOC(=O)CN(C(=O)NC1CC1)C(C)C. The lowest BCUT2D eigenvalue weighted by molar-refractivity contribution is -0.144. The van der Waals surface area contributed by atoms with Crippen LogP contribution in [0, 0.1) is 0 Å². The number of hydrogen-bond donors (Lipinski definition) is 1. The maximum atomic E-state index is 11.8. The van der Waals surface area contributed by atoms with Gasteiger partial charge in [-0.3, -0.25) is 4.79 Å². The fraction of sp³-hybridized carbons (Fsp3) is 0.818. The highest BCUT2D eigenvalue weighted by molar-refractivity contribution is 5.81. The van der Waals surface area contributed by atoms with Crippen molar-refractivity contribution in [1.82, 2.24) is 10.2 Å². The van der Waals surface area contributed by atoms with Crippen LogP contribution >= 0.6 is 0 Å². The van der Waals surface area contributed by atoms with Crippen molar-refractivity contribution in [3.05, 3.63) is 0 Å². The molecule has 0 unspecified atom stereocenters. The van der Waals surface area contributed by atoms with Gasteiger partial charge in [0.2, 0.25) is 0 Å². The zero-order valence-corrected chi connectivity index (χ0v) is 10.2. The van der Waals surface area contributed by atoms with Crippen molar-refractivity contribution in [3.8, 4) is 0 Å². The van der Waals surface area contributed by atoms with E-state index in [2.05, 4.69) is 5.32 Å². The molecule has 0 atom stereocenters. The van der Waals surface area contributed by atoms with Gasteiger partial charge in [-0.15, -0.1) is 0 Å². The summed E-state index contributed by atoms with van der Waals surface area (Å²) in [5.74, 6) is -0.359. The van der Waals surface area contributed by atoms with E-state index in [1.165, 1.54) is 4.90 Å². The molecule has 0 aromatic heterocycles. The van der Waals surface area contributed by atoms with E-state index in [1.807, 2.05) is 13.8 Å². The Morgan fingerprint density at radius 2 is 2.06 bits per heavy atom. The predicted octanol–water partition coefficient (Wildman–Crippen LogP) is 1.13. The standard InChI is InChI=1S/C11H20N2O3/c1-4-16-10(14)7-13(8(2)3)11(15)12-9-5-6-9/h8-9H,4-7H2,1-3H3,(H,12,15). The molecule has 2 amide bonds. The topological polar surface area (TPSA) is 58.6 Å². The van der Waals surface area contributed by atoms with Gasteiger partial charge >= 0.3 is 12.0 Å². The summed E-state index contributed by atoms with van der Waals surface area (Å²) in [4.78, 5) is 24.6. The molecule has 0 aromatic carbocycles. The lowest BCUT2D eigenvalue weighted by Crippen LogP contribution is -2.47. The molecule has 1 fully saturated rings. The number of amides is 2. The summed E-state index contributed by atoms with van der Waals surface area (Å²) in [5.41, 5.74) is 0. The molecule has 0 bridgehead atoms. The number of rotatable bonds is 5. The maximum Gasteiger partial charge on any atom is 0.325 e. The minimum absolute atomic E-state index is 0.0110. The van der Waals surface area contributed by atoms with Crippen molar-refractivity contribution in [1.29, 1.82) is 0 Å². The molecule has 0 aliphatic heterocycles. The fourth-order valence-electron chi connectivity index (χ4n) is 1.32. The second kappa shape index (κ2) is 5.72. The molecule has 0 heterocycles. The van der Waals surface area contributed by atoms with Crippen molar-refractivity contribution in [2.75, 3.05) is 13.2 Å². The van der Waals surface area contributed by atoms with Gasteiger partial charge in [0.05, 0.1) is 6.61 Å². The quantitative estimate of drug-likeness (QED) is 0.718. The van der Waals surface area contributed by atoms with Crippen LogP contribution < -0.4 is 5.32 Å². The monoisotopic (exact) mass is 228 g/mol. The highest BCUT2D eigenvalue weighted by Gasteiger charge is 2.28. The molecule has 0 aromatic rings. The summed E-state index contributed by atoms with van der Waals surface area (Å²) in [6.07, 6.45) is 2.08. The van der Waals surface area contributed by atoms with E-state index in [1.54, 1.807) is 6.92 Å². The van der Waals surface area contributed by atoms with Crippen molar-refractivity contribution in [2.45, 2.75) is 45.7 Å². The van der Waals surface area contributed by atoms with Gasteiger partial charge in [-0.2, -0.15) is 0 Å². The number of ether oxygens (including phenoxy) is 1. The number of urea groups is 1. The van der Waals surface area contributed by atoms with E-state index >= 15 is 0 Å². The van der Waals surface area contributed by atoms with Crippen molar-refractivity contribution in [2.24, 2.45) is 0 Å². The summed E-state index contributed by atoms with van der Waals surface area (Å²) in [7, 11) is 0. The summed E-state index contributed by atoms with van der Waals surface area (Å²) < 4.78 is 4.83. The van der Waals surface area contributed by atoms with E-state index < -0.39 is 0 Å². The lowest BCUT2D eigenvalue weighted by atomic mass is 10.3. The van der Waals surface area contributed by atoms with Gasteiger partial charge in [0.15, 0.2) is 0 Å². The molecule has 0 saturated heterocycles. The van der Waals surface area contributed by atoms with Crippen LogP contribution in [0.2, 0.25) is 0 Å². The van der Waals surface area contributed by atoms with Crippen LogP contribution in [0.1, 0.15) is 33.6 Å². The number of esters is 1. The van der Waals surface area contributed by atoms with Gasteiger partial charge in [0, 0.05) is 12.1 Å². The Bertz CT molecular complexity index is 262. The van der Waals surface area contributed by atoms with Gasteiger partial charge in [-0.05, 0) is 33.6 Å². The molecule has 1 rings (SSSR count). The maximum absolute atomic E-state index is 11.8. The van der Waals surface area contributed by atoms with Crippen molar-refractivity contribution >= 4 is 12.0 Å². The Morgan fingerprint density at radius 1 is 1.44 bits per heavy atom. The number of carbonyl (C=O) groups excluding carboxylic acids is 2. The predicted molar refractivity (Wildman–Crippen MR) is 60.0 cm³/mol. The van der Waals surface area contributed by atoms with Crippen LogP contribution in [0.5, 0.6) is 0 Å². The van der Waals surface area contributed by atoms with Gasteiger partial charge in [0.1, 0.15) is 6.54 Å². The molecule has 1 saturated carbocycles. The van der Waals surface area contributed by atoms with E-state index in [9.17, 15) is 9.59 Å². The third-order valence-electron chi connectivity index (χ3n) is 2.39. The van der Waals surface area contributed by atoms with E-state index in [0.717, 1.165) is 12.8 Å². The minimum atomic E-state index is -0.359. The third kappa shape index (κ3) is 4.08. The van der Waals surface area contributed by atoms with Crippen molar-refractivity contribution in [3.63, 3.8) is 0 Å². The molecule has 1 aliphatic rings. The van der Waals surface area contributed by atoms with E-state index in [4.69, 9.17) is 4.74 Å². The first-order chi connectivity index (χ1) is 7.54. The Kier molecular flexibility index (Phi) is 4.58. The smallest absolute Gasteiger partial charge is 0.325 e. The highest BCUT2D eigenvalue weighted by Crippen LogP contribution is 2.19. The molecule has 0 radical (unpaired) electrons. The zero-order valence-electron chi connectivity index (χ0n) is 10.2. The molecule has 5 heteroatoms. The van der Waals surface area contributed by atoms with Crippen LogP contribution in [-0.4, -0.2) is 42.1 Å². The zero-order chi connectivity index (χ0) is 12.1. The van der Waals surface area contributed by atoms with Gasteiger partial charge < -0.3 is 15.0 Å². The number of nitrogens with one attached hydrogen (secondary N) is 1. The minimum Gasteiger partial charge on any atom is -0.465 e. The second-order valence-corrected chi connectivity index (χ2v) is 4.25. The average Bonchev–Trinajstić information content (AvgIpc) is 2.97. The molecule has 1 aliphatic carbocycles. The summed E-state index contributed by atoms with van der Waals surface area (Å²) in [5, 5.41) is 2.86. The number of carbonyl (C=O) groups is 2. The van der Waals surface area contributed by atoms with Crippen LogP contribution in [0.15, 0.2) is 0 Å². The molecule has 92 valence electrons. The third-order valence-corrected chi connectivity index (χ3v) is 2.39. The first kappa shape index (κ1) is 12.8. The van der Waals surface area contributed by atoms with Gasteiger partial charge in [0.25, 0.3) is 0 Å². The molecule has 5 nitrogen and oxygen atoms in total. The van der Waals surface area contributed by atoms with Crippen LogP contribution in [0.25, 0.3) is 0 Å². The normalized spacial score (nSPS) is 14.8. The van der Waals surface area contributed by atoms with Crippen LogP contribution in [0.3, 0.4) is 0 Å². The fourth-order valence-corrected chi connectivity index (χ4v) is 1.32. The number of hydrogen-bond acceptors (Lipinski definition) is 3. The summed E-state index contributed by atoms with van der Waals surface area (Å²) in [6, 6.07) is 0.115. The number of nitrogens with zero attached hydrogens (tertiary/aromatic N) is 1. The second-order valence-electron chi connectivity index (χ2n) is 4.25. The molecule has 16 heavy (non-hydrogen) atoms. The molecule has 0 spiro atoms. The summed E-state index contributed by atoms with van der Waals surface area (Å²) >= 11 is 0. The first-order valence-electron chi connectivity index (χ1n) is 5.77. The highest BCUT2D eigenvalue weighted by atomic mass is 16.5. The lowest BCUT2D eigenvalue weighted by Gasteiger charge is -2.25. The average molecular weight is 228 g/mol. The van der Waals surface area contributed by atoms with Crippen LogP contribution in [0.4, 0.5) is 4.79 Å². The van der Waals surface area contributed by atoms with E-state index in [-0.39, 0.29) is 24.6 Å². The Balaban J connectivity index is 2.44.